The summed E-state index contributed by atoms with van der Waals surface area (Å²) in [7, 11) is 0. The molecule has 164 valence electrons. The minimum Gasteiger partial charge on any atom is -0.396 e. The van der Waals surface area contributed by atoms with Gasteiger partial charge in [-0.25, -0.2) is 0 Å². The van der Waals surface area contributed by atoms with E-state index in [0.717, 1.165) is 23.1 Å². The molecule has 3 aromatic carbocycles. The van der Waals surface area contributed by atoms with Gasteiger partial charge in [-0.1, -0.05) is 62.4 Å². The van der Waals surface area contributed by atoms with Gasteiger partial charge < -0.3 is 10.4 Å². The summed E-state index contributed by atoms with van der Waals surface area (Å²) in [5, 5.41) is 22.2. The first kappa shape index (κ1) is 23.2. The lowest BCUT2D eigenvalue weighted by Gasteiger charge is -2.26. The first-order valence-corrected chi connectivity index (χ1v) is 11.2. The maximum atomic E-state index is 12.9. The lowest BCUT2D eigenvalue weighted by molar-refractivity contribution is 0.0901. The van der Waals surface area contributed by atoms with Crippen molar-refractivity contribution in [1.82, 2.24) is 5.32 Å². The van der Waals surface area contributed by atoms with Gasteiger partial charge in [-0.05, 0) is 65.8 Å². The molecule has 0 bridgehead atoms. The summed E-state index contributed by atoms with van der Waals surface area (Å²) in [6.07, 6.45) is 2.29. The standard InChI is InChI=1S/C28H30N2O2/c1-3-20-7-6-10-25(16-20)23-11-13-24(14-12-23)28(32)30-27(4-2)26(19-31)17-21-8-5-9-22(15-21)18-29/h5-16,26-27,31H,3-4,17,19H2,1-2H3,(H,30,32). The number of nitrogens with zero attached hydrogens (tertiary/aromatic N) is 1. The maximum Gasteiger partial charge on any atom is 0.251 e. The maximum absolute atomic E-state index is 12.9. The average molecular weight is 427 g/mol. The van der Waals surface area contributed by atoms with Crippen molar-refractivity contribution in [2.75, 3.05) is 6.61 Å². The van der Waals surface area contributed by atoms with Crippen LogP contribution < -0.4 is 5.32 Å². The van der Waals surface area contributed by atoms with Crippen molar-refractivity contribution < 1.29 is 9.90 Å². The molecule has 32 heavy (non-hydrogen) atoms. The van der Waals surface area contributed by atoms with Crippen molar-refractivity contribution in [2.24, 2.45) is 5.92 Å². The number of hydrogen-bond acceptors (Lipinski definition) is 3. The van der Waals surface area contributed by atoms with Gasteiger partial charge in [-0.2, -0.15) is 5.26 Å². The van der Waals surface area contributed by atoms with E-state index >= 15 is 0 Å². The molecule has 4 nitrogen and oxygen atoms in total. The number of benzene rings is 3. The normalized spacial score (nSPS) is 12.6. The minimum absolute atomic E-state index is 0.0394. The van der Waals surface area contributed by atoms with Crippen LogP contribution in [0.1, 0.15) is 47.3 Å². The lowest BCUT2D eigenvalue weighted by Crippen LogP contribution is -2.42. The Labute approximate surface area is 190 Å². The number of rotatable bonds is 9. The number of carbonyl (C=O) groups is 1. The molecule has 0 radical (unpaired) electrons. The molecule has 3 aromatic rings. The predicted octanol–water partition coefficient (Wildman–Crippen LogP) is 5.15. The quantitative estimate of drug-likeness (QED) is 0.497. The summed E-state index contributed by atoms with van der Waals surface area (Å²) in [6, 6.07) is 25.4. The molecule has 0 aliphatic heterocycles. The Morgan fingerprint density at radius 1 is 0.969 bits per heavy atom. The zero-order valence-electron chi connectivity index (χ0n) is 18.7. The molecule has 0 fully saturated rings. The van der Waals surface area contributed by atoms with Crippen LogP contribution >= 0.6 is 0 Å². The molecule has 1 amide bonds. The predicted molar refractivity (Wildman–Crippen MR) is 128 cm³/mol. The van der Waals surface area contributed by atoms with Crippen molar-refractivity contribution in [2.45, 2.75) is 39.2 Å². The number of hydrogen-bond donors (Lipinski definition) is 2. The van der Waals surface area contributed by atoms with Gasteiger partial charge in [0.15, 0.2) is 0 Å². The largest absolute Gasteiger partial charge is 0.396 e. The summed E-state index contributed by atoms with van der Waals surface area (Å²) >= 11 is 0. The van der Waals surface area contributed by atoms with Gasteiger partial charge in [0.05, 0.1) is 11.6 Å². The molecule has 0 saturated heterocycles. The molecular weight excluding hydrogens is 396 g/mol. The lowest BCUT2D eigenvalue weighted by atomic mass is 9.90. The molecule has 0 aliphatic carbocycles. The number of aliphatic hydroxyl groups is 1. The van der Waals surface area contributed by atoms with Gasteiger partial charge in [-0.3, -0.25) is 4.79 Å². The number of nitriles is 1. The van der Waals surface area contributed by atoms with Crippen LogP contribution in [-0.4, -0.2) is 23.7 Å². The van der Waals surface area contributed by atoms with Crippen molar-refractivity contribution >= 4 is 5.91 Å². The Balaban J connectivity index is 1.69. The van der Waals surface area contributed by atoms with Gasteiger partial charge >= 0.3 is 0 Å². The molecular formula is C28H30N2O2. The molecule has 0 aromatic heterocycles. The molecule has 2 atom stereocenters. The molecule has 2 N–H and O–H groups in total. The van der Waals surface area contributed by atoms with E-state index in [1.165, 1.54) is 5.56 Å². The zero-order chi connectivity index (χ0) is 22.9. The second-order valence-electron chi connectivity index (χ2n) is 8.08. The van der Waals surface area contributed by atoms with E-state index in [0.29, 0.717) is 24.0 Å². The molecule has 0 saturated carbocycles. The second-order valence-corrected chi connectivity index (χ2v) is 8.08. The Bertz CT molecular complexity index is 1080. The Kier molecular flexibility index (Phi) is 8.19. The van der Waals surface area contributed by atoms with E-state index in [1.807, 2.05) is 49.4 Å². The van der Waals surface area contributed by atoms with Crippen LogP contribution in [0.5, 0.6) is 0 Å². The van der Waals surface area contributed by atoms with Gasteiger partial charge in [0.2, 0.25) is 0 Å². The zero-order valence-corrected chi connectivity index (χ0v) is 18.7. The highest BCUT2D eigenvalue weighted by molar-refractivity contribution is 5.94. The molecule has 4 heteroatoms. The SMILES string of the molecule is CCc1cccc(-c2ccc(C(=O)NC(CC)C(CO)Cc3cccc(C#N)c3)cc2)c1. The summed E-state index contributed by atoms with van der Waals surface area (Å²) < 4.78 is 0. The van der Waals surface area contributed by atoms with E-state index in [-0.39, 0.29) is 24.5 Å². The minimum atomic E-state index is -0.167. The molecule has 0 heterocycles. The van der Waals surface area contributed by atoms with E-state index in [1.54, 1.807) is 6.07 Å². The van der Waals surface area contributed by atoms with E-state index in [4.69, 9.17) is 5.26 Å². The number of nitrogens with one attached hydrogen (secondary N) is 1. The van der Waals surface area contributed by atoms with Crippen molar-refractivity contribution in [3.8, 4) is 17.2 Å². The smallest absolute Gasteiger partial charge is 0.251 e. The number of aliphatic hydroxyl groups excluding tert-OH is 1. The van der Waals surface area contributed by atoms with Crippen LogP contribution in [0.25, 0.3) is 11.1 Å². The Morgan fingerprint density at radius 3 is 2.34 bits per heavy atom. The first-order valence-electron chi connectivity index (χ1n) is 11.2. The molecule has 2 unspecified atom stereocenters. The number of aryl methyl sites for hydroxylation is 1. The monoisotopic (exact) mass is 426 g/mol. The van der Waals surface area contributed by atoms with Crippen molar-refractivity contribution in [3.63, 3.8) is 0 Å². The van der Waals surface area contributed by atoms with Gasteiger partial charge in [0.25, 0.3) is 5.91 Å². The van der Waals surface area contributed by atoms with Crippen LogP contribution in [0.4, 0.5) is 0 Å². The van der Waals surface area contributed by atoms with Crippen LogP contribution in [-0.2, 0) is 12.8 Å². The highest BCUT2D eigenvalue weighted by atomic mass is 16.3. The second kappa shape index (κ2) is 11.3. The van der Waals surface area contributed by atoms with Gasteiger partial charge in [0, 0.05) is 24.1 Å². The van der Waals surface area contributed by atoms with Crippen molar-refractivity contribution in [3.05, 3.63) is 95.1 Å². The first-order chi connectivity index (χ1) is 15.6. The third-order valence-electron chi connectivity index (χ3n) is 5.93. The number of amides is 1. The van der Waals surface area contributed by atoms with E-state index in [9.17, 15) is 9.90 Å². The van der Waals surface area contributed by atoms with E-state index < -0.39 is 0 Å². The van der Waals surface area contributed by atoms with Gasteiger partial charge in [0.1, 0.15) is 0 Å². The fraction of sp³-hybridized carbons (Fsp3) is 0.286. The van der Waals surface area contributed by atoms with Crippen LogP contribution in [0, 0.1) is 17.2 Å². The summed E-state index contributed by atoms with van der Waals surface area (Å²) in [4.78, 5) is 12.9. The van der Waals surface area contributed by atoms with Crippen LogP contribution in [0.3, 0.4) is 0 Å². The summed E-state index contributed by atoms with van der Waals surface area (Å²) in [6.45, 7) is 4.10. The fourth-order valence-corrected chi connectivity index (χ4v) is 3.99. The molecule has 0 aliphatic rings. The highest BCUT2D eigenvalue weighted by Crippen LogP contribution is 2.22. The summed E-state index contributed by atoms with van der Waals surface area (Å²) in [5.41, 5.74) is 5.68. The van der Waals surface area contributed by atoms with Crippen LogP contribution in [0.2, 0.25) is 0 Å². The Hall–Kier alpha value is -3.42. The highest BCUT2D eigenvalue weighted by Gasteiger charge is 2.22. The molecule has 0 spiro atoms. The molecule has 3 rings (SSSR count). The fourth-order valence-electron chi connectivity index (χ4n) is 3.99. The summed E-state index contributed by atoms with van der Waals surface area (Å²) in [5.74, 6) is -0.274. The van der Waals surface area contributed by atoms with E-state index in [2.05, 4.69) is 42.6 Å². The topological polar surface area (TPSA) is 73.1 Å². The van der Waals surface area contributed by atoms with Crippen molar-refractivity contribution in [1.29, 1.82) is 5.26 Å². The average Bonchev–Trinajstić information content (AvgIpc) is 2.86. The van der Waals surface area contributed by atoms with Crippen LogP contribution in [0.15, 0.2) is 72.8 Å². The van der Waals surface area contributed by atoms with Gasteiger partial charge in [-0.15, -0.1) is 0 Å². The number of carbonyl (C=O) groups excluding carboxylic acids is 1. The Morgan fingerprint density at radius 2 is 1.69 bits per heavy atom. The third-order valence-corrected chi connectivity index (χ3v) is 5.93. The third kappa shape index (κ3) is 5.84.